The van der Waals surface area contributed by atoms with E-state index >= 15 is 0 Å². The van der Waals surface area contributed by atoms with Crippen LogP contribution in [0.25, 0.3) is 6.08 Å². The highest BCUT2D eigenvalue weighted by Gasteiger charge is 2.19. The number of urea groups is 1. The van der Waals surface area contributed by atoms with Gasteiger partial charge in [-0.2, -0.15) is 0 Å². The van der Waals surface area contributed by atoms with Gasteiger partial charge in [0.05, 0.1) is 19.8 Å². The molecular weight excluding hydrogens is 306 g/mol. The Bertz CT molecular complexity index is 499. The van der Waals surface area contributed by atoms with E-state index in [9.17, 15) is 4.79 Å². The normalized spacial score (nSPS) is 15.8. The van der Waals surface area contributed by atoms with Gasteiger partial charge in [0.25, 0.3) is 0 Å². The molecule has 0 radical (unpaired) electrons. The fraction of sp³-hybridized carbons (Fsp3) is 0.500. The largest absolute Gasteiger partial charge is 0.394 e. The quantitative estimate of drug-likeness (QED) is 0.698. The highest BCUT2D eigenvalue weighted by Crippen LogP contribution is 2.04. The van der Waals surface area contributed by atoms with Crippen molar-refractivity contribution in [3.8, 4) is 0 Å². The van der Waals surface area contributed by atoms with Crippen LogP contribution >= 0.6 is 0 Å². The molecule has 1 aliphatic rings. The third kappa shape index (κ3) is 6.70. The maximum absolute atomic E-state index is 12.0. The number of carbonyl (C=O) groups excluding carboxylic acids is 1. The molecule has 2 rings (SSSR count). The van der Waals surface area contributed by atoms with Crippen molar-refractivity contribution in [3.05, 3.63) is 42.0 Å². The van der Waals surface area contributed by atoms with Crippen LogP contribution in [0.3, 0.4) is 0 Å². The van der Waals surface area contributed by atoms with E-state index in [1.54, 1.807) is 0 Å². The van der Waals surface area contributed by atoms with E-state index in [0.29, 0.717) is 19.8 Å². The minimum Gasteiger partial charge on any atom is -0.394 e. The second kappa shape index (κ2) is 10.8. The molecule has 0 bridgehead atoms. The van der Waals surface area contributed by atoms with Crippen molar-refractivity contribution in [2.24, 2.45) is 0 Å². The van der Waals surface area contributed by atoms with Gasteiger partial charge in [-0.15, -0.1) is 0 Å². The lowest BCUT2D eigenvalue weighted by molar-refractivity contribution is 0.0925. The average Bonchev–Trinajstić information content (AvgIpc) is 2.63. The Balaban J connectivity index is 1.60. The number of nitrogens with zero attached hydrogens (tertiary/aromatic N) is 2. The van der Waals surface area contributed by atoms with Crippen LogP contribution in [0, 0.1) is 0 Å². The summed E-state index contributed by atoms with van der Waals surface area (Å²) in [6.45, 7) is 5.36. The molecule has 1 saturated heterocycles. The van der Waals surface area contributed by atoms with Crippen molar-refractivity contribution in [1.29, 1.82) is 0 Å². The molecule has 1 fully saturated rings. The lowest BCUT2D eigenvalue weighted by Crippen LogP contribution is -2.52. The molecule has 0 saturated carbocycles. The zero-order chi connectivity index (χ0) is 17.0. The molecular formula is C18H27N3O3. The van der Waals surface area contributed by atoms with Gasteiger partial charge < -0.3 is 20.1 Å². The van der Waals surface area contributed by atoms with E-state index in [1.807, 2.05) is 23.1 Å². The van der Waals surface area contributed by atoms with Crippen LogP contribution < -0.4 is 5.32 Å². The van der Waals surface area contributed by atoms with Crippen LogP contribution in [0.2, 0.25) is 0 Å². The van der Waals surface area contributed by atoms with E-state index in [2.05, 4.69) is 34.5 Å². The molecule has 24 heavy (non-hydrogen) atoms. The Morgan fingerprint density at radius 1 is 1.17 bits per heavy atom. The Hall–Kier alpha value is -1.89. The summed E-state index contributed by atoms with van der Waals surface area (Å²) in [5.74, 6) is 0. The van der Waals surface area contributed by atoms with Gasteiger partial charge in [0.1, 0.15) is 0 Å². The summed E-state index contributed by atoms with van der Waals surface area (Å²) in [4.78, 5) is 16.2. The average molecular weight is 333 g/mol. The molecule has 2 N–H and O–H groups in total. The van der Waals surface area contributed by atoms with Crippen molar-refractivity contribution < 1.29 is 14.6 Å². The van der Waals surface area contributed by atoms with E-state index < -0.39 is 0 Å². The predicted molar refractivity (Wildman–Crippen MR) is 94.8 cm³/mol. The molecule has 0 aliphatic carbocycles. The van der Waals surface area contributed by atoms with Crippen LogP contribution in [0.4, 0.5) is 4.79 Å². The van der Waals surface area contributed by atoms with Crippen molar-refractivity contribution >= 4 is 12.1 Å². The fourth-order valence-electron chi connectivity index (χ4n) is 2.54. The number of hydrogen-bond donors (Lipinski definition) is 2. The molecule has 0 spiro atoms. The van der Waals surface area contributed by atoms with Gasteiger partial charge in [-0.1, -0.05) is 42.5 Å². The van der Waals surface area contributed by atoms with Crippen LogP contribution in [0.15, 0.2) is 36.4 Å². The standard InChI is InChI=1S/C18H27N3O3/c22-14-16-24-15-8-19-18(23)21-12-10-20(11-13-21)9-4-7-17-5-2-1-3-6-17/h1-7,22H,8-16H2,(H,19,23)/b7-4+. The number of carbonyl (C=O) groups is 1. The topological polar surface area (TPSA) is 65.0 Å². The van der Waals surface area contributed by atoms with E-state index in [0.717, 1.165) is 32.7 Å². The Labute approximate surface area is 143 Å². The third-order valence-corrected chi connectivity index (χ3v) is 3.89. The molecule has 6 nitrogen and oxygen atoms in total. The number of aliphatic hydroxyl groups is 1. The first-order valence-electron chi connectivity index (χ1n) is 8.45. The van der Waals surface area contributed by atoms with Gasteiger partial charge in [-0.3, -0.25) is 4.90 Å². The third-order valence-electron chi connectivity index (χ3n) is 3.89. The van der Waals surface area contributed by atoms with Crippen LogP contribution in [0.5, 0.6) is 0 Å². The zero-order valence-corrected chi connectivity index (χ0v) is 14.1. The molecule has 1 heterocycles. The maximum atomic E-state index is 12.0. The number of piperazine rings is 1. The molecule has 1 aromatic carbocycles. The second-order valence-electron chi connectivity index (χ2n) is 5.67. The molecule has 0 unspecified atom stereocenters. The molecule has 6 heteroatoms. The van der Waals surface area contributed by atoms with Gasteiger partial charge in [0, 0.05) is 39.3 Å². The first kappa shape index (κ1) is 18.4. The van der Waals surface area contributed by atoms with Crippen molar-refractivity contribution in [3.63, 3.8) is 0 Å². The van der Waals surface area contributed by atoms with Gasteiger partial charge >= 0.3 is 6.03 Å². The van der Waals surface area contributed by atoms with Gasteiger partial charge in [0.2, 0.25) is 0 Å². The summed E-state index contributed by atoms with van der Waals surface area (Å²) in [7, 11) is 0. The summed E-state index contributed by atoms with van der Waals surface area (Å²) in [6.07, 6.45) is 4.30. The number of amides is 2. The number of aliphatic hydroxyl groups excluding tert-OH is 1. The van der Waals surface area contributed by atoms with Crippen molar-refractivity contribution in [1.82, 2.24) is 15.1 Å². The smallest absolute Gasteiger partial charge is 0.317 e. The Morgan fingerprint density at radius 3 is 2.62 bits per heavy atom. The highest BCUT2D eigenvalue weighted by molar-refractivity contribution is 5.74. The fourth-order valence-corrected chi connectivity index (χ4v) is 2.54. The van der Waals surface area contributed by atoms with Crippen LogP contribution in [0.1, 0.15) is 5.56 Å². The minimum absolute atomic E-state index is 0.00856. The Morgan fingerprint density at radius 2 is 1.92 bits per heavy atom. The lowest BCUT2D eigenvalue weighted by atomic mass is 10.2. The predicted octanol–water partition coefficient (Wildman–Crippen LogP) is 1.04. The SMILES string of the molecule is O=C(NCCOCCO)N1CCN(C/C=C/c2ccccc2)CC1. The molecule has 0 atom stereocenters. The first-order valence-corrected chi connectivity index (χ1v) is 8.45. The number of rotatable bonds is 8. The van der Waals surface area contributed by atoms with E-state index in [1.165, 1.54) is 5.56 Å². The summed E-state index contributed by atoms with van der Waals surface area (Å²) >= 11 is 0. The zero-order valence-electron chi connectivity index (χ0n) is 14.1. The number of benzene rings is 1. The second-order valence-corrected chi connectivity index (χ2v) is 5.67. The van der Waals surface area contributed by atoms with Gasteiger partial charge in [-0.25, -0.2) is 4.79 Å². The van der Waals surface area contributed by atoms with E-state index in [-0.39, 0.29) is 12.6 Å². The molecule has 1 aromatic rings. The Kier molecular flexibility index (Phi) is 8.31. The number of nitrogens with one attached hydrogen (secondary N) is 1. The molecule has 132 valence electrons. The summed E-state index contributed by atoms with van der Waals surface area (Å²) in [6, 6.07) is 10.2. The molecule has 2 amide bonds. The first-order chi connectivity index (χ1) is 11.8. The van der Waals surface area contributed by atoms with Gasteiger partial charge in [0.15, 0.2) is 0 Å². The van der Waals surface area contributed by atoms with Crippen molar-refractivity contribution in [2.45, 2.75) is 0 Å². The van der Waals surface area contributed by atoms with Crippen molar-refractivity contribution in [2.75, 3.05) is 59.1 Å². The lowest BCUT2D eigenvalue weighted by Gasteiger charge is -2.34. The minimum atomic E-state index is -0.0397. The van der Waals surface area contributed by atoms with Crippen LogP contribution in [-0.2, 0) is 4.74 Å². The number of hydrogen-bond acceptors (Lipinski definition) is 4. The maximum Gasteiger partial charge on any atom is 0.317 e. The monoisotopic (exact) mass is 333 g/mol. The molecule has 1 aliphatic heterocycles. The molecule has 0 aromatic heterocycles. The summed E-state index contributed by atoms with van der Waals surface area (Å²) in [5, 5.41) is 11.4. The van der Waals surface area contributed by atoms with Gasteiger partial charge in [-0.05, 0) is 5.56 Å². The number of ether oxygens (including phenoxy) is 1. The summed E-state index contributed by atoms with van der Waals surface area (Å²) < 4.78 is 5.12. The summed E-state index contributed by atoms with van der Waals surface area (Å²) in [5.41, 5.74) is 1.21. The van der Waals surface area contributed by atoms with Crippen LogP contribution in [-0.4, -0.2) is 80.0 Å². The van der Waals surface area contributed by atoms with E-state index in [4.69, 9.17) is 9.84 Å². The highest BCUT2D eigenvalue weighted by atomic mass is 16.5.